The van der Waals surface area contributed by atoms with E-state index in [1.807, 2.05) is 37.3 Å². The van der Waals surface area contributed by atoms with Gasteiger partial charge in [0.1, 0.15) is 6.34 Å². The summed E-state index contributed by atoms with van der Waals surface area (Å²) in [5.74, 6) is 10.4. The molecule has 0 aliphatic rings. The number of anilines is 1. The van der Waals surface area contributed by atoms with Crippen molar-refractivity contribution in [3.8, 4) is 11.1 Å². The van der Waals surface area contributed by atoms with E-state index in [4.69, 9.17) is 17.4 Å². The number of hydrazine groups is 1. The fourth-order valence-electron chi connectivity index (χ4n) is 1.95. The number of hydrogen-bond acceptors (Lipinski definition) is 4. The molecule has 21 heavy (non-hydrogen) atoms. The topological polar surface area (TPSA) is 111 Å². The number of nitrogens with two attached hydrogens (primary N) is 3. The zero-order valence-corrected chi connectivity index (χ0v) is 11.7. The Hall–Kier alpha value is -2.86. The van der Waals surface area contributed by atoms with E-state index in [2.05, 4.69) is 5.10 Å². The number of aryl methyl sites for hydroxylation is 1. The predicted octanol–water partition coefficient (Wildman–Crippen LogP) is 1.34. The van der Waals surface area contributed by atoms with Crippen molar-refractivity contribution in [2.24, 2.45) is 22.5 Å². The molecule has 6 nitrogen and oxygen atoms in total. The second-order valence-corrected chi connectivity index (χ2v) is 4.67. The van der Waals surface area contributed by atoms with Gasteiger partial charge in [0.15, 0.2) is 0 Å². The van der Waals surface area contributed by atoms with Crippen LogP contribution in [0, 0.1) is 6.92 Å². The van der Waals surface area contributed by atoms with Crippen molar-refractivity contribution in [3.05, 3.63) is 53.6 Å². The average molecular weight is 283 g/mol. The molecule has 2 aromatic carbocycles. The Morgan fingerprint density at radius 3 is 2.38 bits per heavy atom. The molecule has 0 heterocycles. The van der Waals surface area contributed by atoms with Gasteiger partial charge in [-0.25, -0.2) is 5.84 Å². The molecule has 6 heteroatoms. The highest BCUT2D eigenvalue weighted by atomic mass is 16.1. The van der Waals surface area contributed by atoms with Crippen LogP contribution in [0.5, 0.6) is 0 Å². The van der Waals surface area contributed by atoms with Gasteiger partial charge < -0.3 is 11.6 Å². The SMILES string of the molecule is Cc1ccc(-c2cc(C(N)=O)cc(N(N)/C=N\N)c2)cc1. The van der Waals surface area contributed by atoms with Crippen molar-refractivity contribution in [2.45, 2.75) is 6.92 Å². The molecular weight excluding hydrogens is 266 g/mol. The Balaban J connectivity index is 2.54. The van der Waals surface area contributed by atoms with E-state index in [1.165, 1.54) is 11.3 Å². The molecular formula is C15H17N5O. The fourth-order valence-corrected chi connectivity index (χ4v) is 1.95. The first kappa shape index (κ1) is 14.5. The largest absolute Gasteiger partial charge is 0.366 e. The first-order valence-corrected chi connectivity index (χ1v) is 6.30. The molecule has 0 saturated carbocycles. The molecule has 0 fully saturated rings. The van der Waals surface area contributed by atoms with Crippen LogP contribution >= 0.6 is 0 Å². The molecule has 0 aliphatic heterocycles. The van der Waals surface area contributed by atoms with Crippen LogP contribution in [0.2, 0.25) is 0 Å². The summed E-state index contributed by atoms with van der Waals surface area (Å²) >= 11 is 0. The highest BCUT2D eigenvalue weighted by Gasteiger charge is 2.09. The molecule has 0 bridgehead atoms. The molecule has 0 spiro atoms. The molecule has 0 aromatic heterocycles. The van der Waals surface area contributed by atoms with Crippen LogP contribution < -0.4 is 22.4 Å². The third kappa shape index (κ3) is 3.37. The van der Waals surface area contributed by atoms with Gasteiger partial charge in [-0.3, -0.25) is 9.80 Å². The molecule has 2 aromatic rings. The Morgan fingerprint density at radius 1 is 1.14 bits per heavy atom. The Bertz CT molecular complexity index is 679. The summed E-state index contributed by atoms with van der Waals surface area (Å²) in [4.78, 5) is 11.5. The minimum atomic E-state index is -0.525. The number of rotatable bonds is 4. The van der Waals surface area contributed by atoms with E-state index in [1.54, 1.807) is 12.1 Å². The highest BCUT2D eigenvalue weighted by molar-refractivity contribution is 5.96. The van der Waals surface area contributed by atoms with Crippen LogP contribution in [-0.4, -0.2) is 12.2 Å². The zero-order valence-electron chi connectivity index (χ0n) is 11.7. The van der Waals surface area contributed by atoms with E-state index >= 15 is 0 Å². The first-order chi connectivity index (χ1) is 10.0. The average Bonchev–Trinajstić information content (AvgIpc) is 2.47. The van der Waals surface area contributed by atoms with Gasteiger partial charge >= 0.3 is 0 Å². The zero-order chi connectivity index (χ0) is 15.4. The Kier molecular flexibility index (Phi) is 4.20. The second-order valence-electron chi connectivity index (χ2n) is 4.67. The highest BCUT2D eigenvalue weighted by Crippen LogP contribution is 2.26. The van der Waals surface area contributed by atoms with Gasteiger partial charge in [0.05, 0.1) is 5.69 Å². The number of primary amides is 1. The van der Waals surface area contributed by atoms with Crippen molar-refractivity contribution in [3.63, 3.8) is 0 Å². The summed E-state index contributed by atoms with van der Waals surface area (Å²) < 4.78 is 0. The van der Waals surface area contributed by atoms with Crippen molar-refractivity contribution in [1.82, 2.24) is 0 Å². The maximum atomic E-state index is 11.5. The van der Waals surface area contributed by atoms with E-state index < -0.39 is 5.91 Å². The standard InChI is InChI=1S/C15H17N5O/c1-10-2-4-11(5-3-10)12-6-13(15(16)21)8-14(7-12)20(18)9-19-17/h2-9H,17-18H2,1H3,(H2,16,21)/b19-9-. The number of benzene rings is 2. The minimum Gasteiger partial charge on any atom is -0.366 e. The van der Waals surface area contributed by atoms with E-state index in [9.17, 15) is 4.79 Å². The molecule has 0 saturated heterocycles. The predicted molar refractivity (Wildman–Crippen MR) is 84.5 cm³/mol. The summed E-state index contributed by atoms with van der Waals surface area (Å²) in [7, 11) is 0. The maximum Gasteiger partial charge on any atom is 0.248 e. The number of hydrogen-bond donors (Lipinski definition) is 3. The van der Waals surface area contributed by atoms with E-state index in [0.29, 0.717) is 11.3 Å². The van der Waals surface area contributed by atoms with Crippen LogP contribution in [0.3, 0.4) is 0 Å². The van der Waals surface area contributed by atoms with Gasteiger partial charge in [0.2, 0.25) is 5.91 Å². The van der Waals surface area contributed by atoms with Gasteiger partial charge in [0, 0.05) is 5.56 Å². The summed E-state index contributed by atoms with van der Waals surface area (Å²) in [6.07, 6.45) is 1.25. The number of nitrogens with zero attached hydrogens (tertiary/aromatic N) is 2. The number of amides is 1. The molecule has 0 atom stereocenters. The van der Waals surface area contributed by atoms with Gasteiger partial charge in [-0.05, 0) is 36.2 Å². The lowest BCUT2D eigenvalue weighted by atomic mass is 10.0. The number of carbonyl (C=O) groups excluding carboxylic acids is 1. The van der Waals surface area contributed by atoms with Gasteiger partial charge in [-0.15, -0.1) is 0 Å². The molecule has 1 amide bonds. The summed E-state index contributed by atoms with van der Waals surface area (Å²) in [6.45, 7) is 2.01. The number of hydrazone groups is 1. The molecule has 0 aliphatic carbocycles. The third-order valence-electron chi connectivity index (χ3n) is 3.08. The summed E-state index contributed by atoms with van der Waals surface area (Å²) in [5, 5.41) is 4.59. The third-order valence-corrected chi connectivity index (χ3v) is 3.08. The van der Waals surface area contributed by atoms with Crippen LogP contribution in [0.25, 0.3) is 11.1 Å². The molecule has 2 rings (SSSR count). The molecule has 108 valence electrons. The monoisotopic (exact) mass is 283 g/mol. The van der Waals surface area contributed by atoms with E-state index in [-0.39, 0.29) is 0 Å². The van der Waals surface area contributed by atoms with Gasteiger partial charge in [-0.1, -0.05) is 29.8 Å². The van der Waals surface area contributed by atoms with Gasteiger partial charge in [0.25, 0.3) is 0 Å². The van der Waals surface area contributed by atoms with Crippen LogP contribution in [-0.2, 0) is 0 Å². The van der Waals surface area contributed by atoms with Crippen molar-refractivity contribution < 1.29 is 4.79 Å². The normalized spacial score (nSPS) is 10.8. The Morgan fingerprint density at radius 2 is 1.81 bits per heavy atom. The lowest BCUT2D eigenvalue weighted by Crippen LogP contribution is -2.30. The summed E-state index contributed by atoms with van der Waals surface area (Å²) in [6, 6.07) is 13.1. The lowest BCUT2D eigenvalue weighted by Gasteiger charge is -2.15. The quantitative estimate of drug-likeness (QED) is 0.340. The lowest BCUT2D eigenvalue weighted by molar-refractivity contribution is 0.100. The smallest absolute Gasteiger partial charge is 0.248 e. The second kappa shape index (κ2) is 6.06. The van der Waals surface area contributed by atoms with Gasteiger partial charge in [-0.2, -0.15) is 5.10 Å². The summed E-state index contributed by atoms with van der Waals surface area (Å²) in [5.41, 5.74) is 9.25. The van der Waals surface area contributed by atoms with Crippen LogP contribution in [0.1, 0.15) is 15.9 Å². The molecule has 6 N–H and O–H groups in total. The van der Waals surface area contributed by atoms with Crippen LogP contribution in [0.15, 0.2) is 47.6 Å². The molecule has 0 unspecified atom stereocenters. The van der Waals surface area contributed by atoms with Crippen molar-refractivity contribution in [2.75, 3.05) is 5.01 Å². The van der Waals surface area contributed by atoms with Crippen molar-refractivity contribution >= 4 is 17.9 Å². The fraction of sp³-hybridized carbons (Fsp3) is 0.0667. The molecule has 0 radical (unpaired) electrons. The van der Waals surface area contributed by atoms with Crippen LogP contribution in [0.4, 0.5) is 5.69 Å². The maximum absolute atomic E-state index is 11.5. The van der Waals surface area contributed by atoms with Crippen molar-refractivity contribution in [1.29, 1.82) is 0 Å². The first-order valence-electron chi connectivity index (χ1n) is 6.30. The Labute approximate surface area is 122 Å². The number of carbonyl (C=O) groups is 1. The van der Waals surface area contributed by atoms with E-state index in [0.717, 1.165) is 16.7 Å². The minimum absolute atomic E-state index is 0.365.